The summed E-state index contributed by atoms with van der Waals surface area (Å²) in [4.78, 5) is 0. The molecule has 0 aromatic heterocycles. The summed E-state index contributed by atoms with van der Waals surface area (Å²) >= 11 is 0. The van der Waals surface area contributed by atoms with Crippen LogP contribution in [0.2, 0.25) is 0 Å². The summed E-state index contributed by atoms with van der Waals surface area (Å²) in [6.07, 6.45) is -0.392. The molecule has 104 valence electrons. The van der Waals surface area contributed by atoms with Crippen molar-refractivity contribution < 1.29 is 43.9 Å². The largest absolute Gasteiger partial charge is 0.547 e. The Morgan fingerprint density at radius 1 is 0.765 bits per heavy atom. The minimum Gasteiger partial charge on any atom is -0.396 e. The van der Waals surface area contributed by atoms with Gasteiger partial charge in [0, 0.05) is 6.61 Å². The molecule has 0 saturated carbocycles. The van der Waals surface area contributed by atoms with Crippen molar-refractivity contribution in [2.45, 2.75) is 30.7 Å². The molecule has 0 aromatic carbocycles. The van der Waals surface area contributed by atoms with E-state index in [0.29, 0.717) is 0 Å². The monoisotopic (exact) mass is 294 g/mol. The summed E-state index contributed by atoms with van der Waals surface area (Å²) in [6.45, 7) is -0.160. The van der Waals surface area contributed by atoms with Gasteiger partial charge < -0.3 is 4.43 Å². The van der Waals surface area contributed by atoms with E-state index in [1.807, 2.05) is 0 Å². The van der Waals surface area contributed by atoms with E-state index in [9.17, 15) is 39.5 Å². The highest BCUT2D eigenvalue weighted by atomic mass is 28.4. The second kappa shape index (κ2) is 4.67. The average molecular weight is 294 g/mol. The molecule has 0 aliphatic carbocycles. The maximum atomic E-state index is 12.2. The molecule has 0 saturated heterocycles. The summed E-state index contributed by atoms with van der Waals surface area (Å²) in [5.74, 6) is -19.5. The molecule has 0 unspecified atom stereocenters. The molecule has 0 heterocycles. The normalized spacial score (nSPS) is 15.2. The molecular weight excluding hydrogens is 287 g/mol. The van der Waals surface area contributed by atoms with E-state index in [1.54, 1.807) is 0 Å². The summed E-state index contributed by atoms with van der Waals surface area (Å²) in [7, 11) is -7.92. The predicted molar refractivity (Wildman–Crippen MR) is 40.2 cm³/mol. The van der Waals surface area contributed by atoms with E-state index in [-0.39, 0.29) is 0 Å². The third-order valence-electron chi connectivity index (χ3n) is 1.72. The fourth-order valence-corrected chi connectivity index (χ4v) is 2.95. The smallest absolute Gasteiger partial charge is 0.396 e. The molecule has 0 fully saturated rings. The number of alkyl halides is 9. The molecule has 0 atom stereocenters. The van der Waals surface area contributed by atoms with Crippen LogP contribution < -0.4 is 0 Å². The van der Waals surface area contributed by atoms with Crippen molar-refractivity contribution in [3.8, 4) is 0 Å². The lowest BCUT2D eigenvalue weighted by molar-refractivity contribution is -0.192. The van der Waals surface area contributed by atoms with Crippen LogP contribution in [0, 0.1) is 0 Å². The Hall–Kier alpha value is -0.453. The van der Waals surface area contributed by atoms with Crippen molar-refractivity contribution in [2.24, 2.45) is 0 Å². The molecule has 0 N–H and O–H groups in total. The van der Waals surface area contributed by atoms with Crippen molar-refractivity contribution in [1.29, 1.82) is 0 Å². The molecule has 0 spiro atoms. The van der Waals surface area contributed by atoms with Crippen LogP contribution >= 0.6 is 0 Å². The molecule has 0 radical (unpaired) electrons. The van der Waals surface area contributed by atoms with Gasteiger partial charge in [0.2, 0.25) is 0 Å². The maximum Gasteiger partial charge on any atom is 0.547 e. The van der Waals surface area contributed by atoms with Crippen molar-refractivity contribution >= 4 is 8.32 Å². The number of halogens is 9. The van der Waals surface area contributed by atoms with Crippen molar-refractivity contribution in [1.82, 2.24) is 0 Å². The van der Waals surface area contributed by atoms with E-state index < -0.39 is 38.7 Å². The van der Waals surface area contributed by atoms with Gasteiger partial charge in [0.05, 0.1) is 0 Å². The van der Waals surface area contributed by atoms with Crippen LogP contribution in [0.5, 0.6) is 0 Å². The Morgan fingerprint density at radius 3 is 1.24 bits per heavy atom. The summed E-state index contributed by atoms with van der Waals surface area (Å²) < 4.78 is 113. The van der Waals surface area contributed by atoms with E-state index in [2.05, 4.69) is 4.43 Å². The van der Waals surface area contributed by atoms with E-state index >= 15 is 0 Å². The Labute approximate surface area is 90.7 Å². The van der Waals surface area contributed by atoms with Crippen LogP contribution in [-0.2, 0) is 4.43 Å². The average Bonchev–Trinajstić information content (AvgIpc) is 1.96. The fourth-order valence-electron chi connectivity index (χ4n) is 0.983. The first-order chi connectivity index (χ1) is 7.31. The zero-order valence-electron chi connectivity index (χ0n) is 8.22. The van der Waals surface area contributed by atoms with Crippen molar-refractivity contribution in [3.63, 3.8) is 0 Å². The number of rotatable bonds is 3. The van der Waals surface area contributed by atoms with E-state index in [1.165, 1.54) is 0 Å². The van der Waals surface area contributed by atoms with Crippen LogP contribution in [0.1, 0.15) is 13.3 Å². The van der Waals surface area contributed by atoms with Crippen molar-refractivity contribution in [3.05, 3.63) is 0 Å². The van der Waals surface area contributed by atoms with Crippen LogP contribution in [0.3, 0.4) is 0 Å². The Morgan fingerprint density at radius 2 is 1.06 bits per heavy atom. The topological polar surface area (TPSA) is 9.23 Å². The highest BCUT2D eigenvalue weighted by Gasteiger charge is 2.90. The number of hydrogen-bond acceptors (Lipinski definition) is 1. The molecule has 0 rings (SSSR count). The SMILES string of the molecule is CCCO[Si](C(F)(F)F)(C(F)(F)F)C(F)(F)F. The zero-order chi connectivity index (χ0) is 14.1. The van der Waals surface area contributed by atoms with Gasteiger partial charge in [-0.3, -0.25) is 0 Å². The second-order valence-corrected chi connectivity index (χ2v) is 6.37. The fraction of sp³-hybridized carbons (Fsp3) is 1.00. The van der Waals surface area contributed by atoms with Crippen LogP contribution in [0.25, 0.3) is 0 Å². The lowest BCUT2D eigenvalue weighted by Gasteiger charge is -2.34. The first kappa shape index (κ1) is 16.5. The lowest BCUT2D eigenvalue weighted by atomic mass is 10.5. The molecule has 0 aromatic rings. The van der Waals surface area contributed by atoms with Crippen molar-refractivity contribution in [2.75, 3.05) is 6.61 Å². The molecule has 0 amide bonds. The van der Waals surface area contributed by atoms with E-state index in [0.717, 1.165) is 6.92 Å². The second-order valence-electron chi connectivity index (χ2n) is 3.02. The quantitative estimate of drug-likeness (QED) is 0.570. The predicted octanol–water partition coefficient (Wildman–Crippen LogP) is 3.66. The standard InChI is InChI=1S/C6H7F9OSi/c1-2-3-16-17(4(7,8)9,5(10,11)12)6(13,14)15/h2-3H2,1H3. The maximum absolute atomic E-state index is 12.2. The van der Waals surface area contributed by atoms with Gasteiger partial charge >= 0.3 is 25.7 Å². The summed E-state index contributed by atoms with van der Waals surface area (Å²) in [6, 6.07) is 0. The zero-order valence-corrected chi connectivity index (χ0v) is 9.22. The lowest BCUT2D eigenvalue weighted by Crippen LogP contribution is -2.73. The van der Waals surface area contributed by atoms with Crippen LogP contribution in [-0.4, -0.2) is 32.3 Å². The molecular formula is C6H7F9OSi. The molecule has 11 heteroatoms. The number of hydrogen-bond donors (Lipinski definition) is 0. The molecule has 0 bridgehead atoms. The molecule has 17 heavy (non-hydrogen) atoms. The van der Waals surface area contributed by atoms with Crippen LogP contribution in [0.4, 0.5) is 39.5 Å². The third kappa shape index (κ3) is 2.87. The van der Waals surface area contributed by atoms with Gasteiger partial charge in [-0.05, 0) is 6.42 Å². The molecule has 1 nitrogen and oxygen atoms in total. The van der Waals surface area contributed by atoms with Gasteiger partial charge in [-0.2, -0.15) is 39.5 Å². The van der Waals surface area contributed by atoms with Gasteiger partial charge in [0.15, 0.2) is 0 Å². The Balaban J connectivity index is 5.75. The first-order valence-corrected chi connectivity index (χ1v) is 6.06. The first-order valence-electron chi connectivity index (χ1n) is 4.15. The van der Waals surface area contributed by atoms with Gasteiger partial charge in [-0.25, -0.2) is 0 Å². The minimum atomic E-state index is -7.92. The highest BCUT2D eigenvalue weighted by molar-refractivity contribution is 6.79. The van der Waals surface area contributed by atoms with E-state index in [4.69, 9.17) is 0 Å². The Bertz CT molecular complexity index is 216. The Kier molecular flexibility index (Phi) is 4.54. The van der Waals surface area contributed by atoms with Gasteiger partial charge in [-0.1, -0.05) is 6.92 Å². The van der Waals surface area contributed by atoms with Crippen LogP contribution in [0.15, 0.2) is 0 Å². The summed E-state index contributed by atoms with van der Waals surface area (Å²) in [5, 5.41) is 0. The van der Waals surface area contributed by atoms with Gasteiger partial charge in [0.1, 0.15) is 0 Å². The summed E-state index contributed by atoms with van der Waals surface area (Å²) in [5.41, 5.74) is 0. The minimum absolute atomic E-state index is 0.392. The van der Waals surface area contributed by atoms with Gasteiger partial charge in [-0.15, -0.1) is 0 Å². The van der Waals surface area contributed by atoms with Gasteiger partial charge in [0.25, 0.3) is 0 Å². The highest BCUT2D eigenvalue weighted by Crippen LogP contribution is 2.50. The molecule has 0 aliphatic heterocycles. The third-order valence-corrected chi connectivity index (χ3v) is 4.75. The molecule has 0 aliphatic rings.